The van der Waals surface area contributed by atoms with E-state index in [2.05, 4.69) is 16.0 Å². The van der Waals surface area contributed by atoms with Crippen LogP contribution in [0, 0.1) is 0 Å². The van der Waals surface area contributed by atoms with Crippen LogP contribution in [0.25, 0.3) is 0 Å². The predicted octanol–water partition coefficient (Wildman–Crippen LogP) is 5.27. The first-order chi connectivity index (χ1) is 16.5. The van der Waals surface area contributed by atoms with E-state index in [0.717, 1.165) is 12.1 Å². The summed E-state index contributed by atoms with van der Waals surface area (Å²) in [5.41, 5.74) is 0.834. The van der Waals surface area contributed by atoms with Crippen LogP contribution >= 0.6 is 0 Å². The van der Waals surface area contributed by atoms with Crippen LogP contribution in [0.15, 0.2) is 59.8 Å². The Morgan fingerprint density at radius 1 is 1.09 bits per heavy atom. The summed E-state index contributed by atoms with van der Waals surface area (Å²) >= 11 is 0. The quantitative estimate of drug-likeness (QED) is 0.480. The van der Waals surface area contributed by atoms with Crippen LogP contribution < -0.4 is 16.0 Å². The fourth-order valence-electron chi connectivity index (χ4n) is 3.72. The number of nitrogens with one attached hydrogen (secondary N) is 3. The van der Waals surface area contributed by atoms with Gasteiger partial charge in [0.05, 0.1) is 24.3 Å². The Bertz CT molecular complexity index is 1150. The molecule has 0 aromatic heterocycles. The summed E-state index contributed by atoms with van der Waals surface area (Å²) in [7, 11) is 1.26. The van der Waals surface area contributed by atoms with Gasteiger partial charge in [-0.15, -0.1) is 0 Å². The summed E-state index contributed by atoms with van der Waals surface area (Å²) in [6.45, 7) is 4.04. The molecule has 11 heteroatoms. The molecule has 0 fully saturated rings. The molecule has 35 heavy (non-hydrogen) atoms. The van der Waals surface area contributed by atoms with Crippen molar-refractivity contribution in [1.82, 2.24) is 10.2 Å². The van der Waals surface area contributed by atoms with Gasteiger partial charge in [-0.1, -0.05) is 25.1 Å². The van der Waals surface area contributed by atoms with Gasteiger partial charge in [0.15, 0.2) is 0 Å². The normalized spacial score (nSPS) is 16.0. The summed E-state index contributed by atoms with van der Waals surface area (Å²) in [6.07, 6.45) is -3.82. The standard InChI is InChI=1S/C24H25F3N4O4/c1-4-12-31-14(2)19(21(32)35-3)20(30-23(31)34)15-8-10-17(11-9-15)28-22(33)29-18-7-5-6-16(13-18)24(25,26)27/h5-11,13,20H,4,12H2,1-3H3,(H,30,34)(H2,28,29,33). The molecule has 186 valence electrons. The highest BCUT2D eigenvalue weighted by molar-refractivity contribution is 6.00. The summed E-state index contributed by atoms with van der Waals surface area (Å²) in [5, 5.41) is 7.70. The number of halogens is 3. The molecule has 0 bridgehead atoms. The van der Waals surface area contributed by atoms with Crippen molar-refractivity contribution in [3.05, 3.63) is 70.9 Å². The topological polar surface area (TPSA) is 99.8 Å². The molecular formula is C24H25F3N4O4. The molecule has 4 amide bonds. The molecule has 1 aliphatic heterocycles. The number of hydrogen-bond acceptors (Lipinski definition) is 4. The number of carbonyl (C=O) groups excluding carboxylic acids is 3. The van der Waals surface area contributed by atoms with Gasteiger partial charge >= 0.3 is 24.2 Å². The number of nitrogens with zero attached hydrogens (tertiary/aromatic N) is 1. The number of esters is 1. The van der Waals surface area contributed by atoms with Crippen LogP contribution in [0.3, 0.4) is 0 Å². The van der Waals surface area contributed by atoms with Gasteiger partial charge in [-0.3, -0.25) is 4.90 Å². The zero-order valence-corrected chi connectivity index (χ0v) is 19.3. The number of hydrogen-bond donors (Lipinski definition) is 3. The number of anilines is 2. The van der Waals surface area contributed by atoms with Gasteiger partial charge in [0.25, 0.3) is 0 Å². The van der Waals surface area contributed by atoms with E-state index in [1.54, 1.807) is 31.2 Å². The number of amides is 4. The van der Waals surface area contributed by atoms with E-state index in [0.29, 0.717) is 35.5 Å². The van der Waals surface area contributed by atoms with E-state index < -0.39 is 29.8 Å². The average molecular weight is 490 g/mol. The second-order valence-corrected chi connectivity index (χ2v) is 7.80. The van der Waals surface area contributed by atoms with Crippen LogP contribution in [0.4, 0.5) is 34.1 Å². The molecule has 1 aliphatic rings. The molecule has 3 rings (SSSR count). The maximum Gasteiger partial charge on any atom is 0.416 e. The number of rotatable bonds is 6. The molecule has 0 spiro atoms. The highest BCUT2D eigenvalue weighted by Gasteiger charge is 2.36. The van der Waals surface area contributed by atoms with Crippen LogP contribution in [-0.2, 0) is 15.7 Å². The average Bonchev–Trinajstić information content (AvgIpc) is 2.81. The molecule has 1 heterocycles. The van der Waals surface area contributed by atoms with Gasteiger partial charge in [0, 0.05) is 23.6 Å². The van der Waals surface area contributed by atoms with Gasteiger partial charge in [0.1, 0.15) is 0 Å². The van der Waals surface area contributed by atoms with E-state index in [9.17, 15) is 27.6 Å². The van der Waals surface area contributed by atoms with Crippen molar-refractivity contribution in [2.45, 2.75) is 32.5 Å². The lowest BCUT2D eigenvalue weighted by Crippen LogP contribution is -2.48. The second kappa shape index (κ2) is 10.5. The molecule has 0 radical (unpaired) electrons. The van der Waals surface area contributed by atoms with Crippen molar-refractivity contribution in [2.75, 3.05) is 24.3 Å². The number of urea groups is 2. The summed E-state index contributed by atoms with van der Waals surface area (Å²) in [6, 6.07) is 8.80. The third-order valence-electron chi connectivity index (χ3n) is 5.40. The predicted molar refractivity (Wildman–Crippen MR) is 124 cm³/mol. The van der Waals surface area contributed by atoms with Crippen LogP contribution in [0.2, 0.25) is 0 Å². The van der Waals surface area contributed by atoms with Gasteiger partial charge in [0.2, 0.25) is 0 Å². The molecule has 0 saturated heterocycles. The molecular weight excluding hydrogens is 465 g/mol. The maximum absolute atomic E-state index is 12.9. The first-order valence-electron chi connectivity index (χ1n) is 10.8. The lowest BCUT2D eigenvalue weighted by atomic mass is 9.94. The van der Waals surface area contributed by atoms with E-state index in [1.807, 2.05) is 6.92 Å². The van der Waals surface area contributed by atoms with Gasteiger partial charge in [-0.25, -0.2) is 14.4 Å². The third-order valence-corrected chi connectivity index (χ3v) is 5.40. The van der Waals surface area contributed by atoms with Crippen molar-refractivity contribution in [3.8, 4) is 0 Å². The van der Waals surface area contributed by atoms with Crippen molar-refractivity contribution in [1.29, 1.82) is 0 Å². The van der Waals surface area contributed by atoms with Crippen LogP contribution in [0.1, 0.15) is 37.4 Å². The lowest BCUT2D eigenvalue weighted by molar-refractivity contribution is -0.138. The zero-order chi connectivity index (χ0) is 25.8. The fraction of sp³-hybridized carbons (Fsp3) is 0.292. The SMILES string of the molecule is CCCN1C(=O)NC(c2ccc(NC(=O)Nc3cccc(C(F)(F)F)c3)cc2)C(C(=O)OC)=C1C. The van der Waals surface area contributed by atoms with Gasteiger partial charge < -0.3 is 20.7 Å². The molecule has 2 aromatic carbocycles. The first-order valence-corrected chi connectivity index (χ1v) is 10.8. The Hall–Kier alpha value is -4.02. The van der Waals surface area contributed by atoms with Gasteiger partial charge in [-0.05, 0) is 49.2 Å². The third kappa shape index (κ3) is 5.92. The van der Waals surface area contributed by atoms with Crippen molar-refractivity contribution in [2.24, 2.45) is 0 Å². The minimum absolute atomic E-state index is 0.0150. The minimum atomic E-state index is -4.53. The summed E-state index contributed by atoms with van der Waals surface area (Å²) in [4.78, 5) is 38.8. The molecule has 1 unspecified atom stereocenters. The monoisotopic (exact) mass is 490 g/mol. The summed E-state index contributed by atoms with van der Waals surface area (Å²) < 4.78 is 43.5. The largest absolute Gasteiger partial charge is 0.466 e. The van der Waals surface area contributed by atoms with Crippen molar-refractivity contribution >= 4 is 29.4 Å². The molecule has 1 atom stereocenters. The smallest absolute Gasteiger partial charge is 0.416 e. The van der Waals surface area contributed by atoms with E-state index in [1.165, 1.54) is 24.1 Å². The van der Waals surface area contributed by atoms with Crippen LogP contribution in [-0.4, -0.2) is 36.6 Å². The van der Waals surface area contributed by atoms with Crippen molar-refractivity contribution < 1.29 is 32.3 Å². The maximum atomic E-state index is 12.9. The summed E-state index contributed by atoms with van der Waals surface area (Å²) in [5.74, 6) is -0.573. The Morgan fingerprint density at radius 3 is 2.34 bits per heavy atom. The van der Waals surface area contributed by atoms with Gasteiger partial charge in [-0.2, -0.15) is 13.2 Å². The Kier molecular flexibility index (Phi) is 7.68. The fourth-order valence-corrected chi connectivity index (χ4v) is 3.72. The number of benzene rings is 2. The molecule has 8 nitrogen and oxygen atoms in total. The Balaban J connectivity index is 1.76. The van der Waals surface area contributed by atoms with Crippen molar-refractivity contribution in [3.63, 3.8) is 0 Å². The van der Waals surface area contributed by atoms with E-state index in [-0.39, 0.29) is 11.7 Å². The molecule has 3 N–H and O–H groups in total. The number of alkyl halides is 3. The van der Waals surface area contributed by atoms with E-state index >= 15 is 0 Å². The molecule has 2 aromatic rings. The highest BCUT2D eigenvalue weighted by Crippen LogP contribution is 2.32. The second-order valence-electron chi connectivity index (χ2n) is 7.80. The highest BCUT2D eigenvalue weighted by atomic mass is 19.4. The zero-order valence-electron chi connectivity index (χ0n) is 19.3. The Labute approximate surface area is 200 Å². The number of methoxy groups -OCH3 is 1. The molecule has 0 saturated carbocycles. The van der Waals surface area contributed by atoms with E-state index in [4.69, 9.17) is 4.74 Å². The Morgan fingerprint density at radius 2 is 1.74 bits per heavy atom. The number of ether oxygens (including phenoxy) is 1. The lowest BCUT2D eigenvalue weighted by Gasteiger charge is -2.35. The number of allylic oxidation sites excluding steroid dienone is 1. The van der Waals surface area contributed by atoms with Crippen LogP contribution in [0.5, 0.6) is 0 Å². The first kappa shape index (κ1) is 25.6. The number of carbonyl (C=O) groups is 3. The minimum Gasteiger partial charge on any atom is -0.466 e. The molecule has 0 aliphatic carbocycles.